The minimum atomic E-state index is 0.0591. The molecule has 0 bridgehead atoms. The molecule has 0 aromatic carbocycles. The molecular formula is C11H14BrNOS. The molecule has 0 spiro atoms. The van der Waals surface area contributed by atoms with Gasteiger partial charge in [0.1, 0.15) is 0 Å². The van der Waals surface area contributed by atoms with Crippen LogP contribution in [0, 0.1) is 5.92 Å². The lowest BCUT2D eigenvalue weighted by Crippen LogP contribution is -2.27. The van der Waals surface area contributed by atoms with E-state index in [0.29, 0.717) is 5.92 Å². The van der Waals surface area contributed by atoms with E-state index < -0.39 is 0 Å². The summed E-state index contributed by atoms with van der Waals surface area (Å²) < 4.78 is 1.01. The molecule has 82 valence electrons. The van der Waals surface area contributed by atoms with Crippen molar-refractivity contribution >= 4 is 33.2 Å². The zero-order valence-electron chi connectivity index (χ0n) is 8.46. The SMILES string of the molecule is O=C(NCC1CCCC1)c1csc(Br)c1. The van der Waals surface area contributed by atoms with Crippen LogP contribution in [0.5, 0.6) is 0 Å². The quantitative estimate of drug-likeness (QED) is 0.907. The van der Waals surface area contributed by atoms with Gasteiger partial charge in [0, 0.05) is 11.9 Å². The van der Waals surface area contributed by atoms with E-state index in [9.17, 15) is 4.79 Å². The van der Waals surface area contributed by atoms with Crippen LogP contribution in [0.4, 0.5) is 0 Å². The predicted octanol–water partition coefficient (Wildman–Crippen LogP) is 3.43. The molecule has 1 saturated carbocycles. The van der Waals surface area contributed by atoms with Crippen molar-refractivity contribution in [1.29, 1.82) is 0 Å². The van der Waals surface area contributed by atoms with Crippen molar-refractivity contribution in [3.05, 3.63) is 20.8 Å². The van der Waals surface area contributed by atoms with E-state index in [0.717, 1.165) is 15.9 Å². The summed E-state index contributed by atoms with van der Waals surface area (Å²) in [5.41, 5.74) is 0.768. The topological polar surface area (TPSA) is 29.1 Å². The molecule has 2 rings (SSSR count). The van der Waals surface area contributed by atoms with Crippen LogP contribution in [0.15, 0.2) is 15.2 Å². The Morgan fingerprint density at radius 1 is 1.53 bits per heavy atom. The van der Waals surface area contributed by atoms with Crippen molar-refractivity contribution in [2.75, 3.05) is 6.54 Å². The van der Waals surface area contributed by atoms with Gasteiger partial charge in [0.05, 0.1) is 9.35 Å². The van der Waals surface area contributed by atoms with Crippen molar-refractivity contribution in [2.45, 2.75) is 25.7 Å². The summed E-state index contributed by atoms with van der Waals surface area (Å²) in [4.78, 5) is 11.7. The molecule has 1 N–H and O–H groups in total. The van der Waals surface area contributed by atoms with Crippen molar-refractivity contribution in [2.24, 2.45) is 5.92 Å². The lowest BCUT2D eigenvalue weighted by atomic mass is 10.1. The molecule has 2 nitrogen and oxygen atoms in total. The maximum atomic E-state index is 11.7. The van der Waals surface area contributed by atoms with Crippen LogP contribution >= 0.6 is 27.3 Å². The van der Waals surface area contributed by atoms with Gasteiger partial charge < -0.3 is 5.32 Å². The first-order valence-electron chi connectivity index (χ1n) is 5.28. The van der Waals surface area contributed by atoms with E-state index in [4.69, 9.17) is 0 Å². The highest BCUT2D eigenvalue weighted by Crippen LogP contribution is 2.24. The number of hydrogen-bond donors (Lipinski definition) is 1. The second kappa shape index (κ2) is 5.12. The lowest BCUT2D eigenvalue weighted by molar-refractivity contribution is 0.0948. The Morgan fingerprint density at radius 2 is 2.27 bits per heavy atom. The van der Waals surface area contributed by atoms with Crippen LogP contribution in [-0.4, -0.2) is 12.5 Å². The fourth-order valence-corrected chi connectivity index (χ4v) is 3.12. The van der Waals surface area contributed by atoms with Crippen molar-refractivity contribution in [3.63, 3.8) is 0 Å². The van der Waals surface area contributed by atoms with Crippen LogP contribution in [0.1, 0.15) is 36.0 Å². The molecule has 1 heterocycles. The minimum Gasteiger partial charge on any atom is -0.352 e. The second-order valence-corrected chi connectivity index (χ2v) is 6.29. The number of amides is 1. The maximum absolute atomic E-state index is 11.7. The molecule has 1 amide bonds. The molecule has 0 saturated heterocycles. The molecule has 0 aliphatic heterocycles. The third-order valence-corrected chi connectivity index (χ3v) is 4.36. The number of thiophene rings is 1. The molecule has 1 fully saturated rings. The summed E-state index contributed by atoms with van der Waals surface area (Å²) in [7, 11) is 0. The molecular weight excluding hydrogens is 274 g/mol. The normalized spacial score (nSPS) is 16.9. The van der Waals surface area contributed by atoms with Gasteiger partial charge in [-0.25, -0.2) is 0 Å². The number of carbonyl (C=O) groups excluding carboxylic acids is 1. The Bertz CT molecular complexity index is 344. The lowest BCUT2D eigenvalue weighted by Gasteiger charge is -2.09. The average Bonchev–Trinajstić information content (AvgIpc) is 2.84. The van der Waals surface area contributed by atoms with Crippen LogP contribution in [0.3, 0.4) is 0 Å². The Labute approximate surface area is 102 Å². The van der Waals surface area contributed by atoms with Gasteiger partial charge in [-0.05, 0) is 40.8 Å². The van der Waals surface area contributed by atoms with Crippen LogP contribution in [0.2, 0.25) is 0 Å². The highest BCUT2D eigenvalue weighted by molar-refractivity contribution is 9.11. The molecule has 1 aromatic rings. The second-order valence-electron chi connectivity index (χ2n) is 4.00. The monoisotopic (exact) mass is 287 g/mol. The summed E-state index contributed by atoms with van der Waals surface area (Å²) in [6.07, 6.45) is 5.19. The molecule has 0 radical (unpaired) electrons. The first-order valence-corrected chi connectivity index (χ1v) is 6.95. The van der Waals surface area contributed by atoms with Gasteiger partial charge in [-0.15, -0.1) is 11.3 Å². The third kappa shape index (κ3) is 3.05. The predicted molar refractivity (Wildman–Crippen MR) is 66.3 cm³/mol. The fourth-order valence-electron chi connectivity index (χ4n) is 1.98. The van der Waals surface area contributed by atoms with Crippen LogP contribution < -0.4 is 5.32 Å². The van der Waals surface area contributed by atoms with Gasteiger partial charge >= 0.3 is 0 Å². The summed E-state index contributed by atoms with van der Waals surface area (Å²) >= 11 is 4.90. The van der Waals surface area contributed by atoms with E-state index >= 15 is 0 Å². The minimum absolute atomic E-state index is 0.0591. The zero-order chi connectivity index (χ0) is 10.7. The van der Waals surface area contributed by atoms with Gasteiger partial charge in [0.25, 0.3) is 5.91 Å². The van der Waals surface area contributed by atoms with Crippen molar-refractivity contribution in [1.82, 2.24) is 5.32 Å². The Kier molecular flexibility index (Phi) is 3.81. The van der Waals surface area contributed by atoms with E-state index in [1.54, 1.807) is 11.3 Å². The van der Waals surface area contributed by atoms with E-state index in [1.165, 1.54) is 25.7 Å². The van der Waals surface area contributed by atoms with Gasteiger partial charge in [0.2, 0.25) is 0 Å². The fraction of sp³-hybridized carbons (Fsp3) is 0.545. The molecule has 4 heteroatoms. The van der Waals surface area contributed by atoms with Gasteiger partial charge in [0.15, 0.2) is 0 Å². The van der Waals surface area contributed by atoms with E-state index in [-0.39, 0.29) is 5.91 Å². The standard InChI is InChI=1S/C11H14BrNOS/c12-10-5-9(7-15-10)11(14)13-6-8-3-1-2-4-8/h5,7-8H,1-4,6H2,(H,13,14). The molecule has 0 atom stereocenters. The van der Waals surface area contributed by atoms with Crippen LogP contribution in [0.25, 0.3) is 0 Å². The number of nitrogens with one attached hydrogen (secondary N) is 1. The largest absolute Gasteiger partial charge is 0.352 e. The molecule has 0 unspecified atom stereocenters. The van der Waals surface area contributed by atoms with Gasteiger partial charge in [-0.2, -0.15) is 0 Å². The summed E-state index contributed by atoms with van der Waals surface area (Å²) in [6.45, 7) is 0.840. The Balaban J connectivity index is 1.81. The van der Waals surface area contributed by atoms with Crippen LogP contribution in [-0.2, 0) is 0 Å². The summed E-state index contributed by atoms with van der Waals surface area (Å²) in [5, 5.41) is 4.88. The Hall–Kier alpha value is -0.350. The number of carbonyl (C=O) groups is 1. The molecule has 1 aromatic heterocycles. The maximum Gasteiger partial charge on any atom is 0.252 e. The molecule has 1 aliphatic rings. The van der Waals surface area contributed by atoms with Gasteiger partial charge in [-0.3, -0.25) is 4.79 Å². The third-order valence-electron chi connectivity index (χ3n) is 2.86. The van der Waals surface area contributed by atoms with Crippen molar-refractivity contribution in [3.8, 4) is 0 Å². The Morgan fingerprint density at radius 3 is 2.87 bits per heavy atom. The highest BCUT2D eigenvalue weighted by Gasteiger charge is 2.16. The number of rotatable bonds is 3. The van der Waals surface area contributed by atoms with Crippen molar-refractivity contribution < 1.29 is 4.79 Å². The number of hydrogen-bond acceptors (Lipinski definition) is 2. The van der Waals surface area contributed by atoms with E-state index in [2.05, 4.69) is 21.2 Å². The number of halogens is 1. The zero-order valence-corrected chi connectivity index (χ0v) is 10.9. The highest BCUT2D eigenvalue weighted by atomic mass is 79.9. The van der Waals surface area contributed by atoms with Gasteiger partial charge in [-0.1, -0.05) is 12.8 Å². The summed E-state index contributed by atoms with van der Waals surface area (Å²) in [6, 6.07) is 1.87. The average molecular weight is 288 g/mol. The molecule has 15 heavy (non-hydrogen) atoms. The molecule has 1 aliphatic carbocycles. The first kappa shape index (κ1) is 11.1. The van der Waals surface area contributed by atoms with E-state index in [1.807, 2.05) is 11.4 Å². The first-order chi connectivity index (χ1) is 7.25. The smallest absolute Gasteiger partial charge is 0.252 e. The summed E-state index contributed by atoms with van der Waals surface area (Å²) in [5.74, 6) is 0.764.